The molecule has 1 rings (SSSR count). The molecule has 7 nitrogen and oxygen atoms in total. The molecule has 1 atom stereocenters. The molecule has 0 aliphatic rings. The molecule has 0 heterocycles. The molecule has 0 bridgehead atoms. The maximum absolute atomic E-state index is 6.11. The van der Waals surface area contributed by atoms with Gasteiger partial charge in [-0.2, -0.15) is 0 Å². The van der Waals surface area contributed by atoms with Gasteiger partial charge in [0.25, 0.3) is 0 Å². The van der Waals surface area contributed by atoms with Crippen LogP contribution in [0.1, 0.15) is 60.8 Å². The molecule has 0 aromatic heterocycles. The molecule has 1 aromatic rings. The van der Waals surface area contributed by atoms with Crippen LogP contribution in [0.15, 0.2) is 30.3 Å². The Morgan fingerprint density at radius 2 is 1.22 bits per heavy atom. The number of benzene rings is 1. The lowest BCUT2D eigenvalue weighted by molar-refractivity contribution is 0.0612. The molecule has 0 saturated heterocycles. The smallest absolute Gasteiger partial charge is 0.391 e. The van der Waals surface area contributed by atoms with Gasteiger partial charge in [0, 0.05) is 33.0 Å². The lowest BCUT2D eigenvalue weighted by Gasteiger charge is -2.33. The van der Waals surface area contributed by atoms with Crippen LogP contribution in [-0.2, 0) is 22.1 Å². The first-order valence-electron chi connectivity index (χ1n) is 12.2. The molecule has 9 heteroatoms. The van der Waals surface area contributed by atoms with Crippen molar-refractivity contribution in [3.63, 3.8) is 0 Å². The van der Waals surface area contributed by atoms with Crippen LogP contribution in [-0.4, -0.2) is 62.6 Å². The maximum Gasteiger partial charge on any atom is 0.518 e. The summed E-state index contributed by atoms with van der Waals surface area (Å²) in [6, 6.07) is 11.2. The largest absolute Gasteiger partial charge is 0.518 e. The average Bonchev–Trinajstić information content (AvgIpc) is 2.79. The van der Waals surface area contributed by atoms with Crippen LogP contribution in [0.4, 0.5) is 0 Å². The molecule has 0 radical (unpaired) electrons. The highest BCUT2D eigenvalue weighted by molar-refractivity contribution is 6.81. The standard InChI is InChI=1S/C13H23NO2Si.C10H25NO3Si/c1-3-15-17(16-4-2,12-8-11-14)13-9-6-5-7-10-13;1-5-9-10(11)15(12-6-2,13-7-3)14-8-4/h5-7,9-10H,3-4,8,11-12,14H2,1-2H3;10H,5-9,11H2,1-4H3. The molecule has 0 saturated carbocycles. The Morgan fingerprint density at radius 3 is 1.59 bits per heavy atom. The van der Waals surface area contributed by atoms with Gasteiger partial charge in [-0.15, -0.1) is 0 Å². The van der Waals surface area contributed by atoms with Gasteiger partial charge in [-0.1, -0.05) is 43.7 Å². The summed E-state index contributed by atoms with van der Waals surface area (Å²) in [5.41, 5.74) is 11.6. The Morgan fingerprint density at radius 1 is 0.750 bits per heavy atom. The van der Waals surface area contributed by atoms with Gasteiger partial charge < -0.3 is 33.6 Å². The minimum absolute atomic E-state index is 0.109. The quantitative estimate of drug-likeness (QED) is 0.324. The Bertz CT molecular complexity index is 531. The highest BCUT2D eigenvalue weighted by Gasteiger charge is 2.46. The summed E-state index contributed by atoms with van der Waals surface area (Å²) in [4.78, 5) is 0. The molecule has 1 aromatic carbocycles. The Hall–Kier alpha value is -0.626. The third kappa shape index (κ3) is 10.5. The summed E-state index contributed by atoms with van der Waals surface area (Å²) in [5.74, 6) is 0. The van der Waals surface area contributed by atoms with Crippen molar-refractivity contribution < 1.29 is 22.1 Å². The first kappa shape index (κ1) is 31.4. The van der Waals surface area contributed by atoms with E-state index in [2.05, 4.69) is 19.1 Å². The van der Waals surface area contributed by atoms with E-state index in [1.54, 1.807) is 0 Å². The van der Waals surface area contributed by atoms with Crippen molar-refractivity contribution in [1.82, 2.24) is 0 Å². The molecule has 0 spiro atoms. The van der Waals surface area contributed by atoms with Crippen LogP contribution in [0.3, 0.4) is 0 Å². The number of nitrogens with two attached hydrogens (primary N) is 2. The number of rotatable bonds is 17. The SMILES string of the molecule is CCCC(N)[Si](OCC)(OCC)OCC.CCO[Si](CCCN)(OCC)c1ccccc1. The van der Waals surface area contributed by atoms with Crippen molar-refractivity contribution >= 4 is 22.6 Å². The first-order chi connectivity index (χ1) is 15.5. The molecule has 0 fully saturated rings. The van der Waals surface area contributed by atoms with Crippen molar-refractivity contribution in [1.29, 1.82) is 0 Å². The number of hydrogen-bond acceptors (Lipinski definition) is 7. The Labute approximate surface area is 198 Å². The van der Waals surface area contributed by atoms with E-state index in [9.17, 15) is 0 Å². The van der Waals surface area contributed by atoms with E-state index in [1.807, 2.05) is 52.8 Å². The third-order valence-corrected chi connectivity index (χ3v) is 11.8. The van der Waals surface area contributed by atoms with E-state index in [-0.39, 0.29) is 5.67 Å². The molecule has 1 unspecified atom stereocenters. The molecule has 32 heavy (non-hydrogen) atoms. The molecular formula is C23H48N2O5Si2. The van der Waals surface area contributed by atoms with E-state index in [0.29, 0.717) is 39.6 Å². The Kier molecular flexibility index (Phi) is 18.4. The van der Waals surface area contributed by atoms with E-state index >= 15 is 0 Å². The summed E-state index contributed by atoms with van der Waals surface area (Å²) in [5, 5.41) is 1.21. The summed E-state index contributed by atoms with van der Waals surface area (Å²) in [6.45, 7) is 15.8. The lowest BCUT2D eigenvalue weighted by atomic mass is 10.3. The van der Waals surface area contributed by atoms with Crippen molar-refractivity contribution in [2.45, 2.75) is 72.5 Å². The van der Waals surface area contributed by atoms with Crippen molar-refractivity contribution in [3.8, 4) is 0 Å². The zero-order chi connectivity index (χ0) is 24.3. The maximum atomic E-state index is 6.11. The van der Waals surface area contributed by atoms with Crippen molar-refractivity contribution in [2.75, 3.05) is 39.6 Å². The van der Waals surface area contributed by atoms with Gasteiger partial charge in [0.1, 0.15) is 0 Å². The molecule has 0 aliphatic carbocycles. The second-order valence-corrected chi connectivity index (χ2v) is 13.2. The highest BCUT2D eigenvalue weighted by Crippen LogP contribution is 2.17. The number of hydrogen-bond donors (Lipinski definition) is 2. The van der Waals surface area contributed by atoms with Gasteiger partial charge in [-0.05, 0) is 65.2 Å². The van der Waals surface area contributed by atoms with Crippen LogP contribution < -0.4 is 16.7 Å². The van der Waals surface area contributed by atoms with Gasteiger partial charge in [0.05, 0.1) is 5.67 Å². The summed E-state index contributed by atoms with van der Waals surface area (Å²) in [7, 11) is -4.91. The van der Waals surface area contributed by atoms with E-state index in [0.717, 1.165) is 25.3 Å². The summed E-state index contributed by atoms with van der Waals surface area (Å²) < 4.78 is 29.1. The van der Waals surface area contributed by atoms with E-state index in [1.165, 1.54) is 5.19 Å². The van der Waals surface area contributed by atoms with Gasteiger partial charge in [0.2, 0.25) is 0 Å². The molecule has 0 amide bonds. The van der Waals surface area contributed by atoms with Crippen LogP contribution in [0.25, 0.3) is 0 Å². The summed E-state index contributed by atoms with van der Waals surface area (Å²) >= 11 is 0. The normalized spacial score (nSPS) is 12.9. The van der Waals surface area contributed by atoms with Gasteiger partial charge in [-0.25, -0.2) is 0 Å². The zero-order valence-corrected chi connectivity index (χ0v) is 23.2. The van der Waals surface area contributed by atoms with Crippen LogP contribution in [0.2, 0.25) is 6.04 Å². The first-order valence-corrected chi connectivity index (χ1v) is 16.0. The predicted molar refractivity (Wildman–Crippen MR) is 137 cm³/mol. The van der Waals surface area contributed by atoms with Gasteiger partial charge in [0.15, 0.2) is 0 Å². The Balaban J connectivity index is 0.000000607. The molecule has 188 valence electrons. The van der Waals surface area contributed by atoms with E-state index < -0.39 is 17.4 Å². The molecule has 4 N–H and O–H groups in total. The van der Waals surface area contributed by atoms with Crippen molar-refractivity contribution in [3.05, 3.63) is 30.3 Å². The molecular weight excluding hydrogens is 440 g/mol. The zero-order valence-electron chi connectivity index (χ0n) is 21.2. The fourth-order valence-corrected chi connectivity index (χ4v) is 9.57. The van der Waals surface area contributed by atoms with Crippen LogP contribution in [0.5, 0.6) is 0 Å². The van der Waals surface area contributed by atoms with Gasteiger partial charge in [-0.3, -0.25) is 0 Å². The predicted octanol–water partition coefficient (Wildman–Crippen LogP) is 3.46. The van der Waals surface area contributed by atoms with Crippen molar-refractivity contribution in [2.24, 2.45) is 11.5 Å². The minimum Gasteiger partial charge on any atom is -0.391 e. The average molecular weight is 489 g/mol. The van der Waals surface area contributed by atoms with Crippen LogP contribution in [0, 0.1) is 0 Å². The fourth-order valence-electron chi connectivity index (χ4n) is 3.53. The summed E-state index contributed by atoms with van der Waals surface area (Å²) in [6.07, 6.45) is 2.84. The third-order valence-electron chi connectivity index (χ3n) is 4.77. The van der Waals surface area contributed by atoms with Crippen LogP contribution >= 0.6 is 0 Å². The highest BCUT2D eigenvalue weighted by atomic mass is 28.4. The minimum atomic E-state index is -2.64. The monoisotopic (exact) mass is 488 g/mol. The second-order valence-electron chi connectivity index (χ2n) is 7.17. The van der Waals surface area contributed by atoms with Gasteiger partial charge >= 0.3 is 17.4 Å². The lowest BCUT2D eigenvalue weighted by Crippen LogP contribution is -2.60. The van der Waals surface area contributed by atoms with E-state index in [4.69, 9.17) is 33.6 Å². The fraction of sp³-hybridized carbons (Fsp3) is 0.739. The molecule has 0 aliphatic heterocycles. The topological polar surface area (TPSA) is 98.2 Å². The second kappa shape index (κ2) is 18.8.